The van der Waals surface area contributed by atoms with E-state index in [0.29, 0.717) is 23.5 Å². The van der Waals surface area contributed by atoms with Gasteiger partial charge in [0.1, 0.15) is 17.5 Å². The fourth-order valence-corrected chi connectivity index (χ4v) is 1.57. The molecule has 17 heavy (non-hydrogen) atoms. The second-order valence-electron chi connectivity index (χ2n) is 4.40. The maximum absolute atomic E-state index is 11.6. The first-order valence-corrected chi connectivity index (χ1v) is 5.66. The maximum Gasteiger partial charge on any atom is 0.239 e. The minimum absolute atomic E-state index is 0.0184. The number of carbonyl (C=O) groups excluding carboxylic acids is 1. The number of hydrogen-bond donors (Lipinski definition) is 2. The average molecular weight is 235 g/mol. The molecule has 0 saturated heterocycles. The summed E-state index contributed by atoms with van der Waals surface area (Å²) >= 11 is 0. The number of carbonyl (C=O) groups is 1. The van der Waals surface area contributed by atoms with E-state index in [1.54, 1.807) is 17.9 Å². The summed E-state index contributed by atoms with van der Waals surface area (Å²) in [4.78, 5) is 21.6. The minimum Gasteiger partial charge on any atom is -0.384 e. The Balaban J connectivity index is 1.97. The minimum atomic E-state index is 0.0184. The molecule has 0 aliphatic heterocycles. The molecule has 92 valence electrons. The summed E-state index contributed by atoms with van der Waals surface area (Å²) in [6.45, 7) is 2.06. The number of nitrogen functional groups attached to an aromatic ring is 1. The lowest BCUT2D eigenvalue weighted by molar-refractivity contribution is -0.119. The predicted molar refractivity (Wildman–Crippen MR) is 65.6 cm³/mol. The Labute approximate surface area is 100 Å². The van der Waals surface area contributed by atoms with E-state index in [2.05, 4.69) is 15.3 Å². The molecular formula is C11H17N5O. The lowest BCUT2D eigenvalue weighted by Crippen LogP contribution is -2.36. The number of likely N-dealkylation sites (N-methyl/N-ethyl adjacent to an activating group) is 1. The maximum atomic E-state index is 11.6. The van der Waals surface area contributed by atoms with Crippen molar-refractivity contribution in [2.24, 2.45) is 0 Å². The van der Waals surface area contributed by atoms with Crippen LogP contribution in [0.4, 0.5) is 11.6 Å². The lowest BCUT2D eigenvalue weighted by Gasteiger charge is -2.18. The topological polar surface area (TPSA) is 84.1 Å². The van der Waals surface area contributed by atoms with E-state index in [-0.39, 0.29) is 12.5 Å². The van der Waals surface area contributed by atoms with Crippen molar-refractivity contribution in [3.05, 3.63) is 11.9 Å². The lowest BCUT2D eigenvalue weighted by atomic mass is 10.4. The Bertz CT molecular complexity index is 410. The predicted octanol–water partition coefficient (Wildman–Crippen LogP) is 0.0820. The van der Waals surface area contributed by atoms with E-state index in [4.69, 9.17) is 5.73 Å². The van der Waals surface area contributed by atoms with Gasteiger partial charge in [-0.2, -0.15) is 0 Å². The van der Waals surface area contributed by atoms with E-state index in [9.17, 15) is 4.79 Å². The SMILES string of the molecule is Cc1nc(N)cc(N(C)CC(=O)NC2CC2)n1. The molecule has 1 heterocycles. The van der Waals surface area contributed by atoms with Gasteiger partial charge in [0, 0.05) is 19.2 Å². The van der Waals surface area contributed by atoms with Crippen molar-refractivity contribution >= 4 is 17.5 Å². The molecule has 0 atom stereocenters. The number of hydrogen-bond acceptors (Lipinski definition) is 5. The molecule has 6 heteroatoms. The van der Waals surface area contributed by atoms with Crippen LogP contribution in [0.25, 0.3) is 0 Å². The number of anilines is 2. The van der Waals surface area contributed by atoms with E-state index in [1.807, 2.05) is 7.05 Å². The largest absolute Gasteiger partial charge is 0.384 e. The van der Waals surface area contributed by atoms with Crippen molar-refractivity contribution in [2.75, 3.05) is 24.2 Å². The van der Waals surface area contributed by atoms with E-state index < -0.39 is 0 Å². The van der Waals surface area contributed by atoms with Gasteiger partial charge in [0.15, 0.2) is 0 Å². The highest BCUT2D eigenvalue weighted by atomic mass is 16.2. The summed E-state index contributed by atoms with van der Waals surface area (Å²) in [5.74, 6) is 1.71. The number of nitrogens with zero attached hydrogens (tertiary/aromatic N) is 3. The molecule has 0 unspecified atom stereocenters. The van der Waals surface area contributed by atoms with Crippen LogP contribution in [0.2, 0.25) is 0 Å². The van der Waals surface area contributed by atoms with Crippen LogP contribution >= 0.6 is 0 Å². The summed E-state index contributed by atoms with van der Waals surface area (Å²) in [5.41, 5.74) is 5.64. The highest BCUT2D eigenvalue weighted by Gasteiger charge is 2.23. The fourth-order valence-electron chi connectivity index (χ4n) is 1.57. The van der Waals surface area contributed by atoms with Gasteiger partial charge >= 0.3 is 0 Å². The Kier molecular flexibility index (Phi) is 3.12. The molecule has 0 aromatic carbocycles. The first kappa shape index (κ1) is 11.6. The zero-order valence-electron chi connectivity index (χ0n) is 10.1. The van der Waals surface area contributed by atoms with E-state index >= 15 is 0 Å². The monoisotopic (exact) mass is 235 g/mol. The number of rotatable bonds is 4. The van der Waals surface area contributed by atoms with Crippen LogP contribution in [0, 0.1) is 6.92 Å². The smallest absolute Gasteiger partial charge is 0.239 e. The van der Waals surface area contributed by atoms with Crippen molar-refractivity contribution in [1.82, 2.24) is 15.3 Å². The fraction of sp³-hybridized carbons (Fsp3) is 0.545. The van der Waals surface area contributed by atoms with E-state index in [1.165, 1.54) is 0 Å². The second-order valence-corrected chi connectivity index (χ2v) is 4.40. The molecule has 0 bridgehead atoms. The van der Waals surface area contributed by atoms with E-state index in [0.717, 1.165) is 12.8 Å². The van der Waals surface area contributed by atoms with Gasteiger partial charge in [-0.05, 0) is 19.8 Å². The molecule has 1 aliphatic carbocycles. The van der Waals surface area contributed by atoms with Gasteiger partial charge in [0.2, 0.25) is 5.91 Å². The van der Waals surface area contributed by atoms with Crippen LogP contribution in [-0.2, 0) is 4.79 Å². The summed E-state index contributed by atoms with van der Waals surface area (Å²) in [6, 6.07) is 2.05. The van der Waals surface area contributed by atoms with Gasteiger partial charge in [-0.1, -0.05) is 0 Å². The Morgan fingerprint density at radius 1 is 1.59 bits per heavy atom. The number of aromatic nitrogens is 2. The molecule has 1 aliphatic rings. The van der Waals surface area contributed by atoms with Crippen LogP contribution in [0.5, 0.6) is 0 Å². The summed E-state index contributed by atoms with van der Waals surface area (Å²) in [5, 5.41) is 2.93. The van der Waals surface area contributed by atoms with Crippen LogP contribution in [0.15, 0.2) is 6.07 Å². The number of nitrogens with one attached hydrogen (secondary N) is 1. The molecule has 2 rings (SSSR count). The van der Waals surface area contributed by atoms with Gasteiger partial charge in [0.25, 0.3) is 0 Å². The van der Waals surface area contributed by atoms with Gasteiger partial charge in [-0.15, -0.1) is 0 Å². The van der Waals surface area contributed by atoms with Crippen LogP contribution in [0.1, 0.15) is 18.7 Å². The van der Waals surface area contributed by atoms with Crippen molar-refractivity contribution in [1.29, 1.82) is 0 Å². The van der Waals surface area contributed by atoms with Crippen LogP contribution in [0.3, 0.4) is 0 Å². The first-order chi connectivity index (χ1) is 8.04. The van der Waals surface area contributed by atoms with Crippen LogP contribution < -0.4 is 16.0 Å². The number of amides is 1. The normalized spacial score (nSPS) is 14.5. The Morgan fingerprint density at radius 3 is 2.88 bits per heavy atom. The highest BCUT2D eigenvalue weighted by Crippen LogP contribution is 2.18. The molecular weight excluding hydrogens is 218 g/mol. The summed E-state index contributed by atoms with van der Waals surface area (Å²) < 4.78 is 0. The Morgan fingerprint density at radius 2 is 2.29 bits per heavy atom. The zero-order chi connectivity index (χ0) is 12.4. The molecule has 0 spiro atoms. The molecule has 6 nitrogen and oxygen atoms in total. The molecule has 0 radical (unpaired) electrons. The zero-order valence-corrected chi connectivity index (χ0v) is 10.1. The average Bonchev–Trinajstić information content (AvgIpc) is 2.99. The third kappa shape index (κ3) is 3.30. The third-order valence-corrected chi connectivity index (χ3v) is 2.56. The standard InChI is InChI=1S/C11H17N5O/c1-7-13-9(12)5-10(14-7)16(2)6-11(17)15-8-3-4-8/h5,8H,3-4,6H2,1-2H3,(H,15,17)(H2,12,13,14). The summed E-state index contributed by atoms with van der Waals surface area (Å²) in [6.07, 6.45) is 2.18. The first-order valence-electron chi connectivity index (χ1n) is 5.66. The molecule has 3 N–H and O–H groups in total. The number of aryl methyl sites for hydroxylation is 1. The molecule has 1 saturated carbocycles. The number of nitrogens with two attached hydrogens (primary N) is 1. The van der Waals surface area contributed by atoms with Crippen LogP contribution in [-0.4, -0.2) is 35.5 Å². The van der Waals surface area contributed by atoms with Crippen molar-refractivity contribution in [2.45, 2.75) is 25.8 Å². The third-order valence-electron chi connectivity index (χ3n) is 2.56. The molecule has 1 fully saturated rings. The second kappa shape index (κ2) is 4.57. The van der Waals surface area contributed by atoms with Crippen molar-refractivity contribution in [3.63, 3.8) is 0 Å². The summed E-state index contributed by atoms with van der Waals surface area (Å²) in [7, 11) is 1.81. The van der Waals surface area contributed by atoms with Crippen molar-refractivity contribution < 1.29 is 4.79 Å². The quantitative estimate of drug-likeness (QED) is 0.772. The molecule has 1 aromatic rings. The molecule has 1 aromatic heterocycles. The Hall–Kier alpha value is -1.85. The van der Waals surface area contributed by atoms with Crippen molar-refractivity contribution in [3.8, 4) is 0 Å². The van der Waals surface area contributed by atoms with Gasteiger partial charge in [0.05, 0.1) is 6.54 Å². The van der Waals surface area contributed by atoms with Gasteiger partial charge in [-0.25, -0.2) is 9.97 Å². The van der Waals surface area contributed by atoms with Gasteiger partial charge < -0.3 is 16.0 Å². The highest BCUT2D eigenvalue weighted by molar-refractivity contribution is 5.81. The van der Waals surface area contributed by atoms with Gasteiger partial charge in [-0.3, -0.25) is 4.79 Å². The molecule has 1 amide bonds.